The van der Waals surface area contributed by atoms with Crippen LogP contribution in [0.3, 0.4) is 0 Å². The zero-order valence-electron chi connectivity index (χ0n) is 10.9. The zero-order chi connectivity index (χ0) is 13.7. The number of nitrogens with zero attached hydrogens (tertiary/aromatic N) is 1. The molecular weight excluding hydrogens is 245 g/mol. The lowest BCUT2D eigenvalue weighted by molar-refractivity contribution is -0.146. The van der Waals surface area contributed by atoms with Crippen LogP contribution in [-0.2, 0) is 4.79 Å². The minimum Gasteiger partial charge on any atom is -0.481 e. The van der Waals surface area contributed by atoms with Crippen molar-refractivity contribution in [2.45, 2.75) is 25.8 Å². The minimum atomic E-state index is -0.689. The first-order valence-corrected chi connectivity index (χ1v) is 6.82. The fourth-order valence-corrected chi connectivity index (χ4v) is 2.53. The Kier molecular flexibility index (Phi) is 5.77. The predicted octanol–water partition coefficient (Wildman–Crippen LogP) is 2.67. The normalized spacial score (nSPS) is 22.1. The van der Waals surface area contributed by atoms with Gasteiger partial charge in [0, 0.05) is 19.1 Å². The molecule has 100 valence electrons. The van der Waals surface area contributed by atoms with Gasteiger partial charge in [-0.15, -0.1) is 9.24 Å². The fraction of sp³-hybridized carbons (Fsp3) is 0.500. The molecule has 1 aliphatic heterocycles. The van der Waals surface area contributed by atoms with Crippen LogP contribution in [0.25, 0.3) is 0 Å². The van der Waals surface area contributed by atoms with Crippen LogP contribution in [-0.4, -0.2) is 35.1 Å². The van der Waals surface area contributed by atoms with Gasteiger partial charge in [0.15, 0.2) is 0 Å². The molecule has 0 aromatic rings. The molecule has 4 heteroatoms. The Bertz CT molecular complexity index is 376. The highest BCUT2D eigenvalue weighted by Crippen LogP contribution is 2.29. The lowest BCUT2D eigenvalue weighted by atomic mass is 9.87. The van der Waals surface area contributed by atoms with Crippen LogP contribution in [0.1, 0.15) is 19.8 Å². The van der Waals surface area contributed by atoms with Gasteiger partial charge < -0.3 is 5.11 Å². The van der Waals surface area contributed by atoms with E-state index in [1.165, 1.54) is 0 Å². The molecule has 0 aromatic heterocycles. The molecule has 3 atom stereocenters. The molecular formula is C14H22NO2P. The van der Waals surface area contributed by atoms with Crippen molar-refractivity contribution in [3.63, 3.8) is 0 Å². The topological polar surface area (TPSA) is 40.5 Å². The molecule has 1 saturated heterocycles. The maximum atomic E-state index is 11.2. The molecule has 0 bridgehead atoms. The molecule has 18 heavy (non-hydrogen) atoms. The number of hydrogen-bond acceptors (Lipinski definition) is 2. The summed E-state index contributed by atoms with van der Waals surface area (Å²) in [6.07, 6.45) is 5.33. The van der Waals surface area contributed by atoms with Gasteiger partial charge in [0.25, 0.3) is 0 Å². The monoisotopic (exact) mass is 267 g/mol. The molecule has 0 radical (unpaired) electrons. The van der Waals surface area contributed by atoms with Crippen molar-refractivity contribution in [3.8, 4) is 0 Å². The second-order valence-corrected chi connectivity index (χ2v) is 5.33. The predicted molar refractivity (Wildman–Crippen MR) is 78.5 cm³/mol. The quantitative estimate of drug-likeness (QED) is 0.569. The Morgan fingerprint density at radius 2 is 2.33 bits per heavy atom. The first kappa shape index (κ1) is 15.1. The summed E-state index contributed by atoms with van der Waals surface area (Å²) < 4.78 is 0. The van der Waals surface area contributed by atoms with Crippen molar-refractivity contribution in [1.82, 2.24) is 4.90 Å². The van der Waals surface area contributed by atoms with Gasteiger partial charge in [-0.05, 0) is 23.7 Å². The van der Waals surface area contributed by atoms with Crippen molar-refractivity contribution in [2.24, 2.45) is 5.92 Å². The van der Waals surface area contributed by atoms with E-state index < -0.39 is 5.97 Å². The molecule has 0 amide bonds. The van der Waals surface area contributed by atoms with Crippen LogP contribution in [0.4, 0.5) is 0 Å². The Hall–Kier alpha value is -0.920. The highest BCUT2D eigenvalue weighted by atomic mass is 31.0. The number of rotatable bonds is 7. The van der Waals surface area contributed by atoms with Gasteiger partial charge in [-0.2, -0.15) is 0 Å². The van der Waals surface area contributed by atoms with Crippen molar-refractivity contribution in [1.29, 1.82) is 0 Å². The zero-order valence-corrected chi connectivity index (χ0v) is 12.1. The lowest BCUT2D eigenvalue weighted by Gasteiger charge is -2.44. The Balaban J connectivity index is 2.68. The summed E-state index contributed by atoms with van der Waals surface area (Å²) in [6, 6.07) is 0.157. The molecule has 3 nitrogen and oxygen atoms in total. The third-order valence-corrected chi connectivity index (χ3v) is 3.88. The van der Waals surface area contributed by atoms with E-state index in [2.05, 4.69) is 27.3 Å². The van der Waals surface area contributed by atoms with E-state index in [0.717, 1.165) is 30.4 Å². The average Bonchev–Trinajstić information content (AvgIpc) is 2.28. The minimum absolute atomic E-state index is 0.157. The molecule has 1 rings (SSSR count). The van der Waals surface area contributed by atoms with Crippen molar-refractivity contribution >= 4 is 15.2 Å². The van der Waals surface area contributed by atoms with Crippen molar-refractivity contribution < 1.29 is 9.90 Å². The number of allylic oxidation sites excluding steroid dienone is 2. The van der Waals surface area contributed by atoms with Crippen LogP contribution < -0.4 is 0 Å². The van der Waals surface area contributed by atoms with Crippen LogP contribution in [0, 0.1) is 5.92 Å². The van der Waals surface area contributed by atoms with Gasteiger partial charge in [0.1, 0.15) is 0 Å². The molecule has 0 aromatic carbocycles. The average molecular weight is 267 g/mol. The van der Waals surface area contributed by atoms with Crippen molar-refractivity contribution in [3.05, 3.63) is 36.2 Å². The summed E-state index contributed by atoms with van der Waals surface area (Å²) in [5.74, 6) is -0.951. The maximum absolute atomic E-state index is 11.2. The highest BCUT2D eigenvalue weighted by Gasteiger charge is 2.37. The second-order valence-electron chi connectivity index (χ2n) is 4.63. The summed E-state index contributed by atoms with van der Waals surface area (Å²) in [6.45, 7) is 11.3. The summed E-state index contributed by atoms with van der Waals surface area (Å²) in [5, 5.41) is 10.1. The molecule has 0 spiro atoms. The highest BCUT2D eigenvalue weighted by molar-refractivity contribution is 7.23. The van der Waals surface area contributed by atoms with E-state index >= 15 is 0 Å². The van der Waals surface area contributed by atoms with E-state index in [0.29, 0.717) is 6.42 Å². The van der Waals surface area contributed by atoms with E-state index in [4.69, 9.17) is 0 Å². The summed E-state index contributed by atoms with van der Waals surface area (Å²) in [7, 11) is 2.59. The first-order valence-electron chi connectivity index (χ1n) is 6.24. The molecule has 1 fully saturated rings. The third-order valence-electron chi connectivity index (χ3n) is 3.51. The molecule has 1 aliphatic rings. The smallest absolute Gasteiger partial charge is 0.308 e. The van der Waals surface area contributed by atoms with E-state index in [1.54, 1.807) is 6.08 Å². The number of carboxylic acids is 1. The van der Waals surface area contributed by atoms with Crippen LogP contribution >= 0.6 is 9.24 Å². The molecule has 3 unspecified atom stereocenters. The van der Waals surface area contributed by atoms with Crippen LogP contribution in [0.2, 0.25) is 0 Å². The van der Waals surface area contributed by atoms with E-state index in [9.17, 15) is 9.90 Å². The van der Waals surface area contributed by atoms with Gasteiger partial charge in [-0.1, -0.05) is 32.2 Å². The standard InChI is InChI=1S/C14H22NO2P/c1-4-6-11(10(3)18)9-15-8-7-13(15)12(5-2)14(16)17/h4,6,12-13H,1,3,5,7-9,18H2,2H3,(H,16,17)/b11-6-. The maximum Gasteiger partial charge on any atom is 0.308 e. The number of likely N-dealkylation sites (tertiary alicyclic amines) is 1. The molecule has 1 N–H and O–H groups in total. The van der Waals surface area contributed by atoms with Crippen molar-refractivity contribution in [2.75, 3.05) is 13.1 Å². The third kappa shape index (κ3) is 3.54. The van der Waals surface area contributed by atoms with Gasteiger partial charge in [0.2, 0.25) is 0 Å². The summed E-state index contributed by atoms with van der Waals surface area (Å²) in [4.78, 5) is 13.4. The second kappa shape index (κ2) is 6.86. The van der Waals surface area contributed by atoms with Crippen LogP contribution in [0.5, 0.6) is 0 Å². The fourth-order valence-electron chi connectivity index (χ4n) is 2.35. The number of aliphatic carboxylic acids is 1. The first-order chi connectivity index (χ1) is 8.51. The van der Waals surface area contributed by atoms with Gasteiger partial charge in [-0.3, -0.25) is 9.69 Å². The Morgan fingerprint density at radius 3 is 2.67 bits per heavy atom. The largest absolute Gasteiger partial charge is 0.481 e. The number of carboxylic acid groups (broad SMARTS) is 1. The Morgan fingerprint density at radius 1 is 1.67 bits per heavy atom. The van der Waals surface area contributed by atoms with Gasteiger partial charge in [0.05, 0.1) is 5.92 Å². The van der Waals surface area contributed by atoms with Gasteiger partial charge >= 0.3 is 5.97 Å². The number of hydrogen-bond donors (Lipinski definition) is 1. The summed E-state index contributed by atoms with van der Waals surface area (Å²) in [5.41, 5.74) is 1.10. The molecule has 1 heterocycles. The lowest BCUT2D eigenvalue weighted by Crippen LogP contribution is -2.54. The van der Waals surface area contributed by atoms with Gasteiger partial charge in [-0.25, -0.2) is 0 Å². The SMILES string of the molecule is C=C/C=C(/CN1CCC1C(CC)C(=O)O)C(=C)P. The number of carbonyl (C=O) groups is 1. The summed E-state index contributed by atoms with van der Waals surface area (Å²) >= 11 is 0. The Labute approximate surface area is 111 Å². The molecule has 0 saturated carbocycles. The molecule has 0 aliphatic carbocycles. The van der Waals surface area contributed by atoms with E-state index in [1.807, 2.05) is 13.0 Å². The van der Waals surface area contributed by atoms with E-state index in [-0.39, 0.29) is 12.0 Å². The van der Waals surface area contributed by atoms with Crippen LogP contribution in [0.15, 0.2) is 36.2 Å².